The van der Waals surface area contributed by atoms with Crippen molar-refractivity contribution in [3.8, 4) is 0 Å². The van der Waals surface area contributed by atoms with Crippen LogP contribution in [-0.2, 0) is 11.0 Å². The molecule has 0 radical (unpaired) electrons. The Bertz CT molecular complexity index is 996. The zero-order valence-corrected chi connectivity index (χ0v) is 23.7. The fourth-order valence-corrected chi connectivity index (χ4v) is 3.94. The van der Waals surface area contributed by atoms with Gasteiger partial charge in [-0.2, -0.15) is 36.4 Å². The van der Waals surface area contributed by atoms with E-state index in [4.69, 9.17) is 0 Å². The molecule has 1 amide bonds. The molecule has 1 aliphatic heterocycles. The minimum Gasteiger partial charge on any atom is -0.369 e. The molecule has 3 rings (SSSR count). The minimum atomic E-state index is -4.57. The van der Waals surface area contributed by atoms with Gasteiger partial charge in [-0.15, -0.1) is 24.7 Å². The van der Waals surface area contributed by atoms with Crippen molar-refractivity contribution in [1.29, 1.82) is 0 Å². The molecule has 1 fully saturated rings. The first-order valence-electron chi connectivity index (χ1n) is 13.1. The molecule has 0 spiro atoms. The molecule has 1 saturated heterocycles. The second-order valence-electron chi connectivity index (χ2n) is 9.30. The summed E-state index contributed by atoms with van der Waals surface area (Å²) in [5.41, 5.74) is 0.771. The van der Waals surface area contributed by atoms with E-state index in [1.807, 2.05) is 19.9 Å². The maximum absolute atomic E-state index is 13.4. The van der Waals surface area contributed by atoms with E-state index in [0.29, 0.717) is 25.9 Å². The van der Waals surface area contributed by atoms with Gasteiger partial charge in [-0.05, 0) is 25.8 Å². The van der Waals surface area contributed by atoms with Crippen LogP contribution in [0.15, 0.2) is 24.4 Å². The summed E-state index contributed by atoms with van der Waals surface area (Å²) in [6.45, 7) is 17.9. The van der Waals surface area contributed by atoms with E-state index in [2.05, 4.69) is 52.3 Å². The molecule has 1 aromatic heterocycles. The Morgan fingerprint density at radius 3 is 2.51 bits per heavy atom. The molecule has 0 bridgehead atoms. The van der Waals surface area contributed by atoms with Crippen LogP contribution in [0.2, 0.25) is 0 Å². The van der Waals surface area contributed by atoms with Crippen LogP contribution in [0.3, 0.4) is 0 Å². The first-order chi connectivity index (χ1) is 18.1. The number of nitrogens with one attached hydrogen (secondary N) is 2. The average molecular weight is 541 g/mol. The van der Waals surface area contributed by atoms with Crippen molar-refractivity contribution in [2.75, 3.05) is 49.9 Å². The summed E-state index contributed by atoms with van der Waals surface area (Å²) in [5, 5.41) is 5.80. The number of hydrogen-bond acceptors (Lipinski definition) is 6. The molecule has 0 unspecified atom stereocenters. The number of nitrogens with zero attached hydrogens (tertiary/aromatic N) is 4. The van der Waals surface area contributed by atoms with E-state index in [0.717, 1.165) is 49.9 Å². The molecule has 11 heteroatoms. The maximum Gasteiger partial charge on any atom is 1.00 e. The topological polar surface area (TPSA) is 73.4 Å². The van der Waals surface area contributed by atoms with Crippen molar-refractivity contribution in [3.05, 3.63) is 55.4 Å². The number of anilines is 3. The Morgan fingerprint density at radius 2 is 1.95 bits per heavy atom. The number of alkyl halides is 3. The van der Waals surface area contributed by atoms with Gasteiger partial charge in [0.15, 0.2) is 0 Å². The third-order valence-electron chi connectivity index (χ3n) is 6.26. The molecular weight excluding hydrogens is 500 g/mol. The van der Waals surface area contributed by atoms with Crippen LogP contribution < -0.4 is 29.5 Å². The molecule has 7 nitrogen and oxygen atoms in total. The summed E-state index contributed by atoms with van der Waals surface area (Å²) in [5.74, 6) is 0.111. The molecule has 1 aliphatic rings. The molecule has 39 heavy (non-hydrogen) atoms. The van der Waals surface area contributed by atoms with Crippen LogP contribution in [0.5, 0.6) is 0 Å². The average Bonchev–Trinajstić information content (AvgIpc) is 2.88. The number of carbonyl (C=O) groups excluding carboxylic acids is 1. The molecule has 2 heterocycles. The van der Waals surface area contributed by atoms with Crippen molar-refractivity contribution in [1.82, 2.24) is 19.8 Å². The summed E-state index contributed by atoms with van der Waals surface area (Å²) in [7, 11) is 0. The first kappa shape index (κ1) is 34.7. The number of carbonyl (C=O) groups is 1. The fraction of sp³-hybridized carbons (Fsp3) is 0.536. The van der Waals surface area contributed by atoms with Gasteiger partial charge >= 0.3 is 25.0 Å². The minimum absolute atomic E-state index is 0. The van der Waals surface area contributed by atoms with Crippen LogP contribution in [0.1, 0.15) is 63.5 Å². The van der Waals surface area contributed by atoms with Gasteiger partial charge in [0.25, 0.3) is 0 Å². The second-order valence-corrected chi connectivity index (χ2v) is 9.30. The maximum atomic E-state index is 13.4. The number of likely N-dealkylation sites (tertiary alicyclic amines) is 1. The second kappa shape index (κ2) is 17.4. The normalized spacial score (nSPS) is 13.6. The monoisotopic (exact) mass is 540 g/mol. The Balaban J connectivity index is 0.000000841. The standard InChI is InChI=1S/C22H27F3N5O.C6H13N.Li/c1-15(2)16-8-3-4-9-18(16)28-21-27-14-17(22(23,24)25)20(29-21)26-11-7-13-30-12-6-5-10-19(30)31;1-4-7(5-2)6-3;/h4,8-9,14-15H,5-7,10-13H2,1-2H3,(H2,26,27,28,29);1-2,4-6H2,3H3;/q-1;-2;+1. The Hall–Kier alpha value is -2.28. The molecule has 1 aromatic carbocycles. The van der Waals surface area contributed by atoms with E-state index in [1.165, 1.54) is 0 Å². The third-order valence-corrected chi connectivity index (χ3v) is 6.26. The number of hydrogen-bond donors (Lipinski definition) is 2. The number of halogens is 3. The van der Waals surface area contributed by atoms with Gasteiger partial charge in [-0.25, -0.2) is 4.98 Å². The number of aromatic nitrogens is 2. The van der Waals surface area contributed by atoms with Crippen LogP contribution >= 0.6 is 0 Å². The van der Waals surface area contributed by atoms with E-state index < -0.39 is 11.7 Å². The number of benzene rings is 1. The van der Waals surface area contributed by atoms with Crippen LogP contribution in [0.25, 0.3) is 0 Å². The summed E-state index contributed by atoms with van der Waals surface area (Å²) >= 11 is 0. The van der Waals surface area contributed by atoms with Gasteiger partial charge in [0.1, 0.15) is 11.4 Å². The van der Waals surface area contributed by atoms with Crippen molar-refractivity contribution >= 4 is 23.4 Å². The van der Waals surface area contributed by atoms with Gasteiger partial charge in [-0.3, -0.25) is 4.79 Å². The number of piperidine rings is 1. The zero-order chi connectivity index (χ0) is 28.1. The van der Waals surface area contributed by atoms with Crippen molar-refractivity contribution in [3.63, 3.8) is 0 Å². The van der Waals surface area contributed by atoms with Crippen LogP contribution in [0.4, 0.5) is 30.6 Å². The predicted octanol–water partition coefficient (Wildman–Crippen LogP) is 2.96. The van der Waals surface area contributed by atoms with Gasteiger partial charge in [0.05, 0.1) is 0 Å². The molecule has 2 aromatic rings. The molecule has 0 atom stereocenters. The molecular formula is C28H40F3LiN6O-2. The Morgan fingerprint density at radius 1 is 1.23 bits per heavy atom. The van der Waals surface area contributed by atoms with Crippen LogP contribution in [0, 0.1) is 19.9 Å². The first-order valence-corrected chi connectivity index (χ1v) is 13.1. The molecule has 212 valence electrons. The predicted molar refractivity (Wildman–Crippen MR) is 146 cm³/mol. The van der Waals surface area contributed by atoms with Crippen molar-refractivity contribution in [2.45, 2.75) is 58.5 Å². The third kappa shape index (κ3) is 11.4. The Kier molecular flexibility index (Phi) is 15.5. The fourth-order valence-electron chi connectivity index (χ4n) is 3.94. The molecule has 2 N–H and O–H groups in total. The summed E-state index contributed by atoms with van der Waals surface area (Å²) in [4.78, 5) is 23.7. The smallest absolute Gasteiger partial charge is 0.369 e. The van der Waals surface area contributed by atoms with Gasteiger partial charge in [-0.1, -0.05) is 32.4 Å². The van der Waals surface area contributed by atoms with E-state index in [1.54, 1.807) is 17.0 Å². The zero-order valence-electron chi connectivity index (χ0n) is 23.7. The SMILES string of the molecule is CC(C)c1c[c-]ccc1Nc1ncc(C(F)(F)F)c(NCCCN2CCCCC2=O)n1.[CH2-]CN(C[CH2-])CC.[Li+]. The van der Waals surface area contributed by atoms with E-state index in [9.17, 15) is 18.0 Å². The van der Waals surface area contributed by atoms with Gasteiger partial charge < -0.3 is 34.3 Å². The summed E-state index contributed by atoms with van der Waals surface area (Å²) in [6.07, 6.45) is -0.848. The van der Waals surface area contributed by atoms with E-state index >= 15 is 0 Å². The van der Waals surface area contributed by atoms with Crippen molar-refractivity contribution in [2.24, 2.45) is 0 Å². The molecule has 0 aliphatic carbocycles. The quantitative estimate of drug-likeness (QED) is 0.260. The van der Waals surface area contributed by atoms with Gasteiger partial charge in [0, 0.05) is 32.3 Å². The van der Waals surface area contributed by atoms with Crippen molar-refractivity contribution < 1.29 is 36.8 Å². The molecule has 0 saturated carbocycles. The Labute approximate surface area is 243 Å². The number of amides is 1. The van der Waals surface area contributed by atoms with E-state index in [-0.39, 0.29) is 49.0 Å². The number of rotatable bonds is 11. The summed E-state index contributed by atoms with van der Waals surface area (Å²) < 4.78 is 40.3. The summed E-state index contributed by atoms with van der Waals surface area (Å²) in [6, 6.07) is 8.35. The largest absolute Gasteiger partial charge is 1.00 e. The van der Waals surface area contributed by atoms with Gasteiger partial charge in [0.2, 0.25) is 11.9 Å². The van der Waals surface area contributed by atoms with Crippen LogP contribution in [-0.4, -0.2) is 64.9 Å².